The summed E-state index contributed by atoms with van der Waals surface area (Å²) in [6.45, 7) is 3.61. The van der Waals surface area contributed by atoms with Gasteiger partial charge in [0.2, 0.25) is 0 Å². The average Bonchev–Trinajstić information content (AvgIpc) is 2.93. The largest absolute Gasteiger partial charge is 0.497 e. The van der Waals surface area contributed by atoms with Crippen LogP contribution < -0.4 is 18.9 Å². The summed E-state index contributed by atoms with van der Waals surface area (Å²) in [5.41, 5.74) is 3.10. The van der Waals surface area contributed by atoms with Crippen molar-refractivity contribution in [2.45, 2.75) is 6.54 Å². The Morgan fingerprint density at radius 1 is 0.750 bits per heavy atom. The average molecular weight is 489 g/mol. The molecule has 7 heteroatoms. The van der Waals surface area contributed by atoms with Crippen molar-refractivity contribution in [1.29, 1.82) is 0 Å². The number of carbonyl (C=O) groups is 1. The van der Waals surface area contributed by atoms with Gasteiger partial charge in [-0.3, -0.25) is 4.90 Å². The van der Waals surface area contributed by atoms with Crippen LogP contribution in [-0.2, 0) is 6.54 Å². The fraction of sp³-hybridized carbons (Fsp3) is 0.276. The van der Waals surface area contributed by atoms with Crippen molar-refractivity contribution in [1.82, 2.24) is 9.80 Å². The summed E-state index contributed by atoms with van der Waals surface area (Å²) in [5.74, 6) is 2.88. The van der Waals surface area contributed by atoms with E-state index in [1.807, 2.05) is 72.8 Å². The third-order valence-electron chi connectivity index (χ3n) is 6.14. The van der Waals surface area contributed by atoms with E-state index in [9.17, 15) is 4.79 Å². The zero-order valence-corrected chi connectivity index (χ0v) is 21.0. The van der Waals surface area contributed by atoms with E-state index in [0.29, 0.717) is 18.8 Å². The van der Waals surface area contributed by atoms with Crippen LogP contribution in [0.3, 0.4) is 0 Å². The third kappa shape index (κ3) is 6.58. The first kappa shape index (κ1) is 25.1. The Morgan fingerprint density at radius 3 is 2.03 bits per heavy atom. The molecule has 0 bridgehead atoms. The highest BCUT2D eigenvalue weighted by Gasteiger charge is 2.23. The second-order valence-electron chi connectivity index (χ2n) is 8.49. The Labute approximate surface area is 212 Å². The number of methoxy groups -OCH3 is 3. The lowest BCUT2D eigenvalue weighted by Crippen LogP contribution is -2.49. The van der Waals surface area contributed by atoms with Gasteiger partial charge in [-0.25, -0.2) is 4.79 Å². The number of nitrogens with zero attached hydrogens (tertiary/aromatic N) is 2. The number of amides is 1. The maximum Gasteiger partial charge on any atom is 0.415 e. The van der Waals surface area contributed by atoms with E-state index in [1.165, 1.54) is 0 Å². The van der Waals surface area contributed by atoms with Crippen LogP contribution in [0.5, 0.6) is 23.0 Å². The molecule has 1 saturated heterocycles. The monoisotopic (exact) mass is 488 g/mol. The van der Waals surface area contributed by atoms with Gasteiger partial charge in [-0.15, -0.1) is 0 Å². The first-order valence-electron chi connectivity index (χ1n) is 11.9. The molecule has 0 radical (unpaired) electrons. The molecule has 0 saturated carbocycles. The highest BCUT2D eigenvalue weighted by Crippen LogP contribution is 2.24. The van der Waals surface area contributed by atoms with Crippen molar-refractivity contribution in [3.8, 4) is 23.0 Å². The summed E-state index contributed by atoms with van der Waals surface area (Å²) in [4.78, 5) is 16.7. The van der Waals surface area contributed by atoms with Crippen LogP contribution in [-0.4, -0.2) is 63.4 Å². The van der Waals surface area contributed by atoms with E-state index >= 15 is 0 Å². The highest BCUT2D eigenvalue weighted by atomic mass is 16.6. The summed E-state index contributed by atoms with van der Waals surface area (Å²) in [7, 11) is 4.95. The number of hydrogen-bond acceptors (Lipinski definition) is 6. The van der Waals surface area contributed by atoms with Gasteiger partial charge in [-0.2, -0.15) is 0 Å². The molecule has 0 N–H and O–H groups in total. The van der Waals surface area contributed by atoms with Crippen molar-refractivity contribution in [3.63, 3.8) is 0 Å². The van der Waals surface area contributed by atoms with Crippen LogP contribution in [0.15, 0.2) is 66.7 Å². The fourth-order valence-electron chi connectivity index (χ4n) is 4.09. The first-order chi connectivity index (χ1) is 17.6. The molecule has 1 amide bonds. The number of hydrogen-bond donors (Lipinski definition) is 0. The molecule has 1 heterocycles. The Bertz CT molecular complexity index is 1160. The lowest BCUT2D eigenvalue weighted by molar-refractivity contribution is 0.107. The molecule has 1 aliphatic heterocycles. The standard InChI is InChI=1S/C29H32N2O5/c1-33-26-18-23(19-27(20-26)34-2)9-8-22-10-12-25(13-11-22)36-29(32)31-16-14-30(15-17-31)21-24-6-4-5-7-28(24)35-3/h4-13,18-20H,14-17,21H2,1-3H3/b9-8+. The molecule has 36 heavy (non-hydrogen) atoms. The van der Waals surface area contributed by atoms with Crippen LogP contribution in [0.2, 0.25) is 0 Å². The molecule has 3 aromatic rings. The SMILES string of the molecule is COc1cc(/C=C/c2ccc(OC(=O)N3CCN(Cc4ccccc4OC)CC3)cc2)cc(OC)c1. The molecule has 4 rings (SSSR count). The molecular weight excluding hydrogens is 456 g/mol. The molecule has 7 nitrogen and oxygen atoms in total. The highest BCUT2D eigenvalue weighted by molar-refractivity contribution is 5.73. The second kappa shape index (κ2) is 12.1. The smallest absolute Gasteiger partial charge is 0.415 e. The molecule has 1 aliphatic rings. The van der Waals surface area contributed by atoms with E-state index in [2.05, 4.69) is 11.0 Å². The fourth-order valence-corrected chi connectivity index (χ4v) is 4.09. The quantitative estimate of drug-likeness (QED) is 0.406. The second-order valence-corrected chi connectivity index (χ2v) is 8.49. The Balaban J connectivity index is 1.28. The minimum atomic E-state index is -0.321. The minimum Gasteiger partial charge on any atom is -0.497 e. The van der Waals surface area contributed by atoms with Crippen molar-refractivity contribution < 1.29 is 23.7 Å². The van der Waals surface area contributed by atoms with Gasteiger partial charge in [-0.1, -0.05) is 42.5 Å². The van der Waals surface area contributed by atoms with Gasteiger partial charge in [0.25, 0.3) is 0 Å². The number of carbonyl (C=O) groups excluding carboxylic acids is 1. The van der Waals surface area contributed by atoms with Crippen molar-refractivity contribution >= 4 is 18.2 Å². The van der Waals surface area contributed by atoms with Crippen LogP contribution in [0, 0.1) is 0 Å². The van der Waals surface area contributed by atoms with Gasteiger partial charge in [0, 0.05) is 44.4 Å². The third-order valence-corrected chi connectivity index (χ3v) is 6.14. The molecule has 1 fully saturated rings. The molecule has 0 unspecified atom stereocenters. The van der Waals surface area contributed by atoms with E-state index in [0.717, 1.165) is 53.6 Å². The number of piperazine rings is 1. The number of benzene rings is 3. The minimum absolute atomic E-state index is 0.321. The van der Waals surface area contributed by atoms with Gasteiger partial charge in [-0.05, 0) is 41.5 Å². The molecule has 0 aliphatic carbocycles. The molecule has 3 aromatic carbocycles. The summed E-state index contributed by atoms with van der Waals surface area (Å²) in [5, 5.41) is 0. The van der Waals surface area contributed by atoms with Crippen LogP contribution >= 0.6 is 0 Å². The van der Waals surface area contributed by atoms with Crippen molar-refractivity contribution in [2.75, 3.05) is 47.5 Å². The van der Waals surface area contributed by atoms with E-state index in [1.54, 1.807) is 26.2 Å². The summed E-state index contributed by atoms with van der Waals surface area (Å²) in [6.07, 6.45) is 3.65. The van der Waals surface area contributed by atoms with Crippen molar-refractivity contribution in [3.05, 3.63) is 83.4 Å². The van der Waals surface area contributed by atoms with E-state index < -0.39 is 0 Å². The van der Waals surface area contributed by atoms with Gasteiger partial charge >= 0.3 is 6.09 Å². The molecular formula is C29H32N2O5. The van der Waals surface area contributed by atoms with Gasteiger partial charge in [0.15, 0.2) is 0 Å². The lowest BCUT2D eigenvalue weighted by atomic mass is 10.1. The summed E-state index contributed by atoms with van der Waals surface area (Å²) in [6, 6.07) is 21.2. The Hall–Kier alpha value is -3.97. The number of para-hydroxylation sites is 1. The Kier molecular flexibility index (Phi) is 8.47. The van der Waals surface area contributed by atoms with Gasteiger partial charge in [0.1, 0.15) is 23.0 Å². The predicted octanol–water partition coefficient (Wildman–Crippen LogP) is 5.20. The molecule has 188 valence electrons. The molecule has 0 aromatic heterocycles. The molecule has 0 spiro atoms. The van der Waals surface area contributed by atoms with Crippen LogP contribution in [0.4, 0.5) is 4.79 Å². The van der Waals surface area contributed by atoms with Crippen molar-refractivity contribution in [2.24, 2.45) is 0 Å². The number of rotatable bonds is 8. The zero-order valence-electron chi connectivity index (χ0n) is 21.0. The van der Waals surface area contributed by atoms with E-state index in [-0.39, 0.29) is 6.09 Å². The lowest BCUT2D eigenvalue weighted by Gasteiger charge is -2.34. The first-order valence-corrected chi connectivity index (χ1v) is 11.9. The van der Waals surface area contributed by atoms with Gasteiger partial charge < -0.3 is 23.8 Å². The maximum atomic E-state index is 12.7. The predicted molar refractivity (Wildman–Crippen MR) is 141 cm³/mol. The summed E-state index contributed by atoms with van der Waals surface area (Å²) >= 11 is 0. The normalized spacial score (nSPS) is 14.0. The topological polar surface area (TPSA) is 60.5 Å². The number of ether oxygens (including phenoxy) is 4. The van der Waals surface area contributed by atoms with E-state index in [4.69, 9.17) is 18.9 Å². The van der Waals surface area contributed by atoms with Gasteiger partial charge in [0.05, 0.1) is 21.3 Å². The van der Waals surface area contributed by atoms with Crippen LogP contribution in [0.1, 0.15) is 16.7 Å². The zero-order chi connectivity index (χ0) is 25.3. The Morgan fingerprint density at radius 2 is 1.39 bits per heavy atom. The van der Waals surface area contributed by atoms with Crippen LogP contribution in [0.25, 0.3) is 12.2 Å². The molecule has 0 atom stereocenters. The maximum absolute atomic E-state index is 12.7. The summed E-state index contributed by atoms with van der Waals surface area (Å²) < 4.78 is 21.7.